The number of nitrogens with one attached hydrogen (secondary N) is 1. The van der Waals surface area contributed by atoms with Gasteiger partial charge in [-0.3, -0.25) is 0 Å². The molecule has 0 aliphatic heterocycles. The summed E-state index contributed by atoms with van der Waals surface area (Å²) in [6.07, 6.45) is 2.03. The Kier molecular flexibility index (Phi) is 3.64. The molecule has 0 unspecified atom stereocenters. The Morgan fingerprint density at radius 1 is 1.30 bits per heavy atom. The van der Waals surface area contributed by atoms with Crippen LogP contribution >= 0.6 is 0 Å². The van der Waals surface area contributed by atoms with Crippen LogP contribution in [0.4, 0.5) is 0 Å². The Bertz CT molecular complexity index is 660. The van der Waals surface area contributed by atoms with Gasteiger partial charge in [0.25, 0.3) is 0 Å². The van der Waals surface area contributed by atoms with E-state index in [0.29, 0.717) is 17.7 Å². The first kappa shape index (κ1) is 15.0. The van der Waals surface area contributed by atoms with Crippen molar-refractivity contribution in [1.29, 1.82) is 0 Å². The maximum absolute atomic E-state index is 12.3. The molecule has 0 saturated heterocycles. The monoisotopic (exact) mass is 297 g/mol. The summed E-state index contributed by atoms with van der Waals surface area (Å²) in [5.74, 6) is -1.12. The van der Waals surface area contributed by atoms with Gasteiger partial charge in [-0.25, -0.2) is 17.9 Å². The van der Waals surface area contributed by atoms with Crippen LogP contribution < -0.4 is 4.72 Å². The summed E-state index contributed by atoms with van der Waals surface area (Å²) in [7, 11) is -3.67. The predicted molar refractivity (Wildman–Crippen MR) is 75.4 cm³/mol. The van der Waals surface area contributed by atoms with Gasteiger partial charge in [0.15, 0.2) is 0 Å². The van der Waals surface area contributed by atoms with Gasteiger partial charge in [-0.1, -0.05) is 13.0 Å². The van der Waals surface area contributed by atoms with Crippen molar-refractivity contribution < 1.29 is 18.3 Å². The molecule has 5 nitrogen and oxygen atoms in total. The van der Waals surface area contributed by atoms with Gasteiger partial charge in [0, 0.05) is 6.54 Å². The van der Waals surface area contributed by atoms with Gasteiger partial charge < -0.3 is 5.11 Å². The number of rotatable bonds is 5. The fraction of sp³-hybridized carbons (Fsp3) is 0.500. The zero-order valence-corrected chi connectivity index (χ0v) is 12.7. The minimum absolute atomic E-state index is 0.0219. The van der Waals surface area contributed by atoms with E-state index in [4.69, 9.17) is 5.11 Å². The third-order valence-corrected chi connectivity index (χ3v) is 5.38. The Balaban J connectivity index is 2.35. The molecule has 0 spiro atoms. The van der Waals surface area contributed by atoms with Gasteiger partial charge in [-0.05, 0) is 49.3 Å². The number of carboxylic acid groups (broad SMARTS) is 1. The Morgan fingerprint density at radius 2 is 1.90 bits per heavy atom. The summed E-state index contributed by atoms with van der Waals surface area (Å²) in [5.41, 5.74) is 1.19. The quantitative estimate of drug-likeness (QED) is 0.871. The highest BCUT2D eigenvalue weighted by atomic mass is 32.2. The van der Waals surface area contributed by atoms with Crippen molar-refractivity contribution in [2.24, 2.45) is 5.41 Å². The van der Waals surface area contributed by atoms with Crippen molar-refractivity contribution in [2.75, 3.05) is 6.54 Å². The molecule has 1 aliphatic carbocycles. The van der Waals surface area contributed by atoms with E-state index < -0.39 is 16.0 Å². The summed E-state index contributed by atoms with van der Waals surface area (Å²) < 4.78 is 27.2. The first-order chi connectivity index (χ1) is 9.15. The van der Waals surface area contributed by atoms with Crippen LogP contribution in [0.2, 0.25) is 0 Å². The van der Waals surface area contributed by atoms with E-state index in [1.54, 1.807) is 19.9 Å². The average molecular weight is 297 g/mol. The van der Waals surface area contributed by atoms with Crippen molar-refractivity contribution in [3.05, 3.63) is 28.8 Å². The van der Waals surface area contributed by atoms with Crippen LogP contribution in [-0.4, -0.2) is 26.0 Å². The lowest BCUT2D eigenvalue weighted by atomic mass is 10.1. The number of hydrogen-bond donors (Lipinski definition) is 2. The van der Waals surface area contributed by atoms with E-state index in [1.807, 2.05) is 6.92 Å². The molecule has 0 bridgehead atoms. The van der Waals surface area contributed by atoms with Gasteiger partial charge >= 0.3 is 5.97 Å². The number of aromatic carboxylic acids is 1. The molecular formula is C14H19NO4S. The second kappa shape index (κ2) is 4.86. The highest BCUT2D eigenvalue weighted by Crippen LogP contribution is 2.44. The van der Waals surface area contributed by atoms with Crippen LogP contribution in [0.5, 0.6) is 0 Å². The molecule has 0 atom stereocenters. The highest BCUT2D eigenvalue weighted by molar-refractivity contribution is 7.89. The molecule has 1 aromatic rings. The largest absolute Gasteiger partial charge is 0.478 e. The number of hydrogen-bond acceptors (Lipinski definition) is 3. The van der Waals surface area contributed by atoms with Crippen LogP contribution in [0.15, 0.2) is 17.0 Å². The normalized spacial score (nSPS) is 16.9. The number of benzene rings is 1. The number of aryl methyl sites for hydroxylation is 2. The van der Waals surface area contributed by atoms with Gasteiger partial charge in [-0.15, -0.1) is 0 Å². The Labute approximate surface area is 119 Å². The second-order valence-corrected chi connectivity index (χ2v) is 7.61. The molecule has 20 heavy (non-hydrogen) atoms. The molecule has 0 radical (unpaired) electrons. The van der Waals surface area contributed by atoms with Crippen LogP contribution in [0.3, 0.4) is 0 Å². The standard InChI is InChI=1S/C14H19NO4S/c1-9-6-10(2)12(7-11(9)13(16)17)20(18,19)15-8-14(3)4-5-14/h6-7,15H,4-5,8H2,1-3H3,(H,16,17). The van der Waals surface area contributed by atoms with Gasteiger partial charge in [0.2, 0.25) is 10.0 Å². The molecule has 110 valence electrons. The van der Waals surface area contributed by atoms with E-state index in [1.165, 1.54) is 6.07 Å². The fourth-order valence-electron chi connectivity index (χ4n) is 2.09. The molecular weight excluding hydrogens is 278 g/mol. The number of carboxylic acids is 1. The minimum atomic E-state index is -3.67. The molecule has 0 heterocycles. The maximum atomic E-state index is 12.3. The first-order valence-electron chi connectivity index (χ1n) is 6.49. The zero-order valence-electron chi connectivity index (χ0n) is 11.9. The number of carbonyl (C=O) groups is 1. The molecule has 1 aromatic carbocycles. The van der Waals surface area contributed by atoms with E-state index in [-0.39, 0.29) is 15.9 Å². The van der Waals surface area contributed by atoms with Crippen LogP contribution in [-0.2, 0) is 10.0 Å². The van der Waals surface area contributed by atoms with E-state index in [0.717, 1.165) is 12.8 Å². The van der Waals surface area contributed by atoms with Crippen LogP contribution in [0.25, 0.3) is 0 Å². The predicted octanol–water partition coefficient (Wildman–Crippen LogP) is 2.08. The molecule has 6 heteroatoms. The second-order valence-electron chi connectivity index (χ2n) is 5.87. The van der Waals surface area contributed by atoms with E-state index >= 15 is 0 Å². The summed E-state index contributed by atoms with van der Waals surface area (Å²) in [6.45, 7) is 5.75. The summed E-state index contributed by atoms with van der Waals surface area (Å²) >= 11 is 0. The summed E-state index contributed by atoms with van der Waals surface area (Å²) in [4.78, 5) is 11.2. The lowest BCUT2D eigenvalue weighted by Gasteiger charge is -2.14. The Hall–Kier alpha value is -1.40. The molecule has 2 N–H and O–H groups in total. The molecule has 1 aliphatic rings. The van der Waals surface area contributed by atoms with Crippen molar-refractivity contribution in [1.82, 2.24) is 4.72 Å². The lowest BCUT2D eigenvalue weighted by Crippen LogP contribution is -2.30. The van der Waals surface area contributed by atoms with Crippen LogP contribution in [0.1, 0.15) is 41.3 Å². The minimum Gasteiger partial charge on any atom is -0.478 e. The van der Waals surface area contributed by atoms with Gasteiger partial charge in [0.1, 0.15) is 0 Å². The molecule has 0 aromatic heterocycles. The average Bonchev–Trinajstić information content (AvgIpc) is 3.05. The van der Waals surface area contributed by atoms with Gasteiger partial charge in [0.05, 0.1) is 10.5 Å². The van der Waals surface area contributed by atoms with Gasteiger partial charge in [-0.2, -0.15) is 0 Å². The smallest absolute Gasteiger partial charge is 0.335 e. The van der Waals surface area contributed by atoms with Crippen molar-refractivity contribution in [3.8, 4) is 0 Å². The third kappa shape index (κ3) is 3.02. The molecule has 1 saturated carbocycles. The van der Waals surface area contributed by atoms with E-state index in [2.05, 4.69) is 4.72 Å². The topological polar surface area (TPSA) is 83.5 Å². The maximum Gasteiger partial charge on any atom is 0.335 e. The number of sulfonamides is 1. The highest BCUT2D eigenvalue weighted by Gasteiger charge is 2.38. The third-order valence-electron chi connectivity index (χ3n) is 3.83. The molecule has 0 amide bonds. The van der Waals surface area contributed by atoms with Crippen molar-refractivity contribution >= 4 is 16.0 Å². The fourth-order valence-corrected chi connectivity index (χ4v) is 3.54. The van der Waals surface area contributed by atoms with E-state index in [9.17, 15) is 13.2 Å². The molecule has 2 rings (SSSR count). The Morgan fingerprint density at radius 3 is 2.40 bits per heavy atom. The lowest BCUT2D eigenvalue weighted by molar-refractivity contribution is 0.0696. The first-order valence-corrected chi connectivity index (χ1v) is 7.97. The zero-order chi connectivity index (χ0) is 15.1. The van der Waals surface area contributed by atoms with Crippen molar-refractivity contribution in [2.45, 2.75) is 38.5 Å². The van der Waals surface area contributed by atoms with Crippen LogP contribution in [0, 0.1) is 19.3 Å². The summed E-state index contributed by atoms with van der Waals surface area (Å²) in [6, 6.07) is 2.83. The molecule has 1 fully saturated rings. The van der Waals surface area contributed by atoms with Crippen molar-refractivity contribution in [3.63, 3.8) is 0 Å². The SMILES string of the molecule is Cc1cc(C)c(S(=O)(=O)NCC2(C)CC2)cc1C(=O)O. The summed E-state index contributed by atoms with van der Waals surface area (Å²) in [5, 5.41) is 9.10.